The number of alkyl halides is 3. The largest absolute Gasteiger partial charge is 0.416 e. The van der Waals surface area contributed by atoms with E-state index in [4.69, 9.17) is 0 Å². The lowest BCUT2D eigenvalue weighted by Gasteiger charge is -2.29. The van der Waals surface area contributed by atoms with Gasteiger partial charge in [-0.2, -0.15) is 13.2 Å². The van der Waals surface area contributed by atoms with Crippen LogP contribution in [0, 0.1) is 5.92 Å². The van der Waals surface area contributed by atoms with Crippen molar-refractivity contribution in [1.82, 2.24) is 0 Å². The maximum Gasteiger partial charge on any atom is 0.416 e. The van der Waals surface area contributed by atoms with E-state index in [2.05, 4.69) is 4.90 Å². The fourth-order valence-corrected chi connectivity index (χ4v) is 3.08. The molecule has 0 aromatic heterocycles. The van der Waals surface area contributed by atoms with Crippen LogP contribution < -0.4 is 4.90 Å². The summed E-state index contributed by atoms with van der Waals surface area (Å²) in [6.07, 6.45) is -0.558. The lowest BCUT2D eigenvalue weighted by Crippen LogP contribution is -2.31. The first kappa shape index (κ1) is 10.9. The number of nitrogens with zero attached hydrogens (tertiary/aromatic N) is 1. The van der Waals surface area contributed by atoms with E-state index in [1.165, 1.54) is 31.4 Å². The van der Waals surface area contributed by atoms with Gasteiger partial charge in [-0.25, -0.2) is 0 Å². The molecule has 0 radical (unpaired) electrons. The van der Waals surface area contributed by atoms with Crippen LogP contribution in [-0.4, -0.2) is 12.6 Å². The molecule has 1 heterocycles. The van der Waals surface area contributed by atoms with E-state index in [0.717, 1.165) is 18.2 Å². The van der Waals surface area contributed by atoms with Gasteiger partial charge >= 0.3 is 6.18 Å². The second kappa shape index (κ2) is 3.65. The predicted molar refractivity (Wildman–Crippen MR) is 59.9 cm³/mol. The fraction of sp³-hybridized carbons (Fsp3) is 0.538. The number of fused-ring (bicyclic) bond motifs is 2. The number of benzene rings is 1. The van der Waals surface area contributed by atoms with Gasteiger partial charge in [-0.1, -0.05) is 0 Å². The average molecular weight is 241 g/mol. The molecule has 1 saturated carbocycles. The number of halogens is 3. The van der Waals surface area contributed by atoms with E-state index in [9.17, 15) is 13.2 Å². The molecule has 1 aromatic rings. The third-order valence-corrected chi connectivity index (χ3v) is 3.94. The highest BCUT2D eigenvalue weighted by atomic mass is 19.4. The molecule has 0 N–H and O–H groups in total. The maximum atomic E-state index is 12.4. The van der Waals surface area contributed by atoms with E-state index in [0.29, 0.717) is 6.04 Å². The van der Waals surface area contributed by atoms with Crippen LogP contribution in [0.4, 0.5) is 18.9 Å². The summed E-state index contributed by atoms with van der Waals surface area (Å²) in [5.74, 6) is 0.752. The van der Waals surface area contributed by atoms with Crippen molar-refractivity contribution in [3.05, 3.63) is 29.8 Å². The zero-order valence-electron chi connectivity index (χ0n) is 9.37. The van der Waals surface area contributed by atoms with Gasteiger partial charge in [-0.15, -0.1) is 0 Å². The first-order valence-electron chi connectivity index (χ1n) is 5.98. The van der Waals surface area contributed by atoms with Crippen molar-refractivity contribution in [1.29, 1.82) is 0 Å². The second-order valence-electron chi connectivity index (χ2n) is 5.03. The Hall–Kier alpha value is -1.19. The summed E-state index contributed by atoms with van der Waals surface area (Å²) in [4.78, 5) is 2.26. The molecule has 1 aliphatic heterocycles. The lowest BCUT2D eigenvalue weighted by atomic mass is 10.1. The van der Waals surface area contributed by atoms with Gasteiger partial charge in [0, 0.05) is 18.3 Å². The summed E-state index contributed by atoms with van der Waals surface area (Å²) >= 11 is 0. The molecule has 2 atom stereocenters. The molecule has 0 unspecified atom stereocenters. The van der Waals surface area contributed by atoms with Crippen molar-refractivity contribution < 1.29 is 13.2 Å². The van der Waals surface area contributed by atoms with E-state index in [1.807, 2.05) is 0 Å². The van der Waals surface area contributed by atoms with Gasteiger partial charge in [-0.05, 0) is 49.4 Å². The maximum absolute atomic E-state index is 12.4. The Labute approximate surface area is 98.2 Å². The molecule has 2 bridgehead atoms. The number of rotatable bonds is 1. The van der Waals surface area contributed by atoms with Crippen LogP contribution in [0.2, 0.25) is 0 Å². The van der Waals surface area contributed by atoms with E-state index >= 15 is 0 Å². The number of piperidine rings is 1. The highest BCUT2D eigenvalue weighted by molar-refractivity contribution is 5.50. The quantitative estimate of drug-likeness (QED) is 0.724. The fourth-order valence-electron chi connectivity index (χ4n) is 3.08. The average Bonchev–Trinajstić information content (AvgIpc) is 2.89. The molecule has 0 spiro atoms. The first-order valence-corrected chi connectivity index (χ1v) is 5.98. The molecule has 2 fully saturated rings. The van der Waals surface area contributed by atoms with Crippen LogP contribution in [0.15, 0.2) is 24.3 Å². The molecular formula is C13H14F3N. The van der Waals surface area contributed by atoms with Crippen LogP contribution in [0.25, 0.3) is 0 Å². The molecule has 3 rings (SSSR count). The third-order valence-electron chi connectivity index (χ3n) is 3.94. The number of hydrogen-bond donors (Lipinski definition) is 0. The predicted octanol–water partition coefficient (Wildman–Crippen LogP) is 3.69. The monoisotopic (exact) mass is 241 g/mol. The van der Waals surface area contributed by atoms with Gasteiger partial charge in [0.15, 0.2) is 0 Å². The van der Waals surface area contributed by atoms with Crippen LogP contribution in [0.3, 0.4) is 0 Å². The van der Waals surface area contributed by atoms with Crippen LogP contribution >= 0.6 is 0 Å². The summed E-state index contributed by atoms with van der Waals surface area (Å²) in [6, 6.07) is 6.12. The highest BCUT2D eigenvalue weighted by Crippen LogP contribution is 2.40. The summed E-state index contributed by atoms with van der Waals surface area (Å²) in [5.41, 5.74) is 0.371. The van der Waals surface area contributed by atoms with E-state index in [1.54, 1.807) is 12.1 Å². The molecular weight excluding hydrogens is 227 g/mol. The Kier molecular flexibility index (Phi) is 2.35. The molecule has 2 aliphatic rings. The summed E-state index contributed by atoms with van der Waals surface area (Å²) in [5, 5.41) is 0. The van der Waals surface area contributed by atoms with Gasteiger partial charge in [0.05, 0.1) is 5.56 Å². The molecule has 1 saturated heterocycles. The Morgan fingerprint density at radius 1 is 1.06 bits per heavy atom. The molecule has 1 aliphatic carbocycles. The number of anilines is 1. The normalized spacial score (nSPS) is 27.8. The molecule has 1 aromatic carbocycles. The SMILES string of the molecule is FC(F)(F)c1ccc(N2C[C@@H]3CC[C@H]2C3)cc1. The molecule has 1 nitrogen and oxygen atoms in total. The van der Waals surface area contributed by atoms with Crippen LogP contribution in [0.1, 0.15) is 24.8 Å². The second-order valence-corrected chi connectivity index (χ2v) is 5.03. The smallest absolute Gasteiger partial charge is 0.368 e. The van der Waals surface area contributed by atoms with Gasteiger partial charge in [0.25, 0.3) is 0 Å². The Morgan fingerprint density at radius 3 is 2.24 bits per heavy atom. The summed E-state index contributed by atoms with van der Waals surface area (Å²) in [6.45, 7) is 1.01. The summed E-state index contributed by atoms with van der Waals surface area (Å²) in [7, 11) is 0. The zero-order valence-corrected chi connectivity index (χ0v) is 9.37. The van der Waals surface area contributed by atoms with Crippen LogP contribution in [0.5, 0.6) is 0 Å². The third kappa shape index (κ3) is 1.90. The van der Waals surface area contributed by atoms with Crippen molar-refractivity contribution in [2.45, 2.75) is 31.5 Å². The molecule has 17 heavy (non-hydrogen) atoms. The minimum atomic E-state index is -4.23. The van der Waals surface area contributed by atoms with Crippen LogP contribution in [-0.2, 0) is 6.18 Å². The Morgan fingerprint density at radius 2 is 1.76 bits per heavy atom. The molecule has 0 amide bonds. The van der Waals surface area contributed by atoms with Gasteiger partial charge in [-0.3, -0.25) is 0 Å². The van der Waals surface area contributed by atoms with E-state index in [-0.39, 0.29) is 0 Å². The Bertz CT molecular complexity index is 410. The zero-order chi connectivity index (χ0) is 12.0. The topological polar surface area (TPSA) is 3.24 Å². The first-order chi connectivity index (χ1) is 8.04. The standard InChI is InChI=1S/C13H14F3N/c14-13(15,16)10-2-5-11(6-3-10)17-8-9-1-4-12(17)7-9/h2-3,5-6,9,12H,1,4,7-8H2/t9-,12+/m1/s1. The molecule has 92 valence electrons. The van der Waals surface area contributed by atoms with Gasteiger partial charge in [0.1, 0.15) is 0 Å². The van der Waals surface area contributed by atoms with Gasteiger partial charge < -0.3 is 4.90 Å². The minimum absolute atomic E-state index is 0.553. The molecule has 4 heteroatoms. The van der Waals surface area contributed by atoms with Crippen molar-refractivity contribution in [2.75, 3.05) is 11.4 Å². The lowest BCUT2D eigenvalue weighted by molar-refractivity contribution is -0.137. The van der Waals surface area contributed by atoms with Crippen molar-refractivity contribution >= 4 is 5.69 Å². The highest BCUT2D eigenvalue weighted by Gasteiger charge is 2.38. The summed E-state index contributed by atoms with van der Waals surface area (Å²) < 4.78 is 37.3. The van der Waals surface area contributed by atoms with Crippen molar-refractivity contribution in [3.8, 4) is 0 Å². The minimum Gasteiger partial charge on any atom is -0.368 e. The van der Waals surface area contributed by atoms with E-state index < -0.39 is 11.7 Å². The Balaban J connectivity index is 1.81. The van der Waals surface area contributed by atoms with Crippen molar-refractivity contribution in [2.24, 2.45) is 5.92 Å². The van der Waals surface area contributed by atoms with Crippen molar-refractivity contribution in [3.63, 3.8) is 0 Å². The number of hydrogen-bond acceptors (Lipinski definition) is 1. The van der Waals surface area contributed by atoms with Gasteiger partial charge in [0.2, 0.25) is 0 Å².